The van der Waals surface area contributed by atoms with Gasteiger partial charge < -0.3 is 4.57 Å². The van der Waals surface area contributed by atoms with Crippen LogP contribution in [0.5, 0.6) is 0 Å². The molecule has 2 aliphatic carbocycles. The molecule has 0 bridgehead atoms. The number of hydrogen-bond acceptors (Lipinski definition) is 3. The summed E-state index contributed by atoms with van der Waals surface area (Å²) in [6, 6.07) is 68.7. The number of nitrogens with zero attached hydrogens (tertiary/aromatic N) is 4. The number of fused-ring (bicyclic) bond motifs is 16. The Morgan fingerprint density at radius 3 is 1.53 bits per heavy atom. The second kappa shape index (κ2) is 17.9. The molecule has 0 spiro atoms. The first-order valence-electron chi connectivity index (χ1n) is 26.5. The Morgan fingerprint density at radius 1 is 0.447 bits per heavy atom. The van der Waals surface area contributed by atoms with Gasteiger partial charge in [-0.2, -0.15) is 0 Å². The van der Waals surface area contributed by atoms with E-state index < -0.39 is 0 Å². The van der Waals surface area contributed by atoms with Crippen molar-refractivity contribution in [3.8, 4) is 84.0 Å². The standard InChI is InChI=1S/C72H58N4/c1-9-45(39-59-44(2)47-37-36-46(76-66-34-20-18-30-55(66)56-31-19-21-35-67(56)76)40-60(47)53-28-14-11-24-49(53)48-23-10-13-27-52(48)59)68-65(72(6,7)8)43-74-70(75-68)63-41-61-54-29-15-12-25-50(54)51-26-16-17-32-57(51)69-58(33-22-38-73-69)62(61)42-64(63)71(3,4)5/h9-43H,1H2,2-8H3/b45-39+,47-44?,49-48?,51-50?,59-44-,59-52?,60-53?,61-54?,62-58?,69-57?. The van der Waals surface area contributed by atoms with Crippen LogP contribution in [0.25, 0.3) is 122 Å². The average Bonchev–Trinajstić information content (AvgIpc) is 3.90. The van der Waals surface area contributed by atoms with Crippen LogP contribution < -0.4 is 0 Å². The minimum absolute atomic E-state index is 0.272. The summed E-state index contributed by atoms with van der Waals surface area (Å²) in [4.78, 5) is 16.2. The Kier molecular flexibility index (Phi) is 11.0. The van der Waals surface area contributed by atoms with E-state index in [1.54, 1.807) is 0 Å². The van der Waals surface area contributed by atoms with Crippen LogP contribution in [-0.2, 0) is 10.8 Å². The second-order valence-corrected chi connectivity index (χ2v) is 22.4. The molecule has 4 heteroatoms. The molecule has 0 unspecified atom stereocenters. The van der Waals surface area contributed by atoms with Crippen LogP contribution in [0.4, 0.5) is 0 Å². The van der Waals surface area contributed by atoms with Gasteiger partial charge >= 0.3 is 0 Å². The molecule has 8 aromatic carbocycles. The molecule has 0 saturated carbocycles. The highest BCUT2D eigenvalue weighted by Crippen LogP contribution is 2.51. The fourth-order valence-electron chi connectivity index (χ4n) is 12.1. The van der Waals surface area contributed by atoms with Crippen molar-refractivity contribution in [1.29, 1.82) is 0 Å². The Labute approximate surface area is 446 Å². The number of allylic oxidation sites excluding steroid dienone is 5. The summed E-state index contributed by atoms with van der Waals surface area (Å²) in [5, 5.41) is 2.49. The fraction of sp³-hybridized carbons (Fsp3) is 0.125. The molecule has 0 amide bonds. The molecule has 0 radical (unpaired) electrons. The summed E-state index contributed by atoms with van der Waals surface area (Å²) < 4.78 is 2.42. The third-order valence-corrected chi connectivity index (χ3v) is 15.8. The molecule has 76 heavy (non-hydrogen) atoms. The Hall–Kier alpha value is -8.99. The second-order valence-electron chi connectivity index (χ2n) is 22.4. The van der Waals surface area contributed by atoms with Crippen molar-refractivity contribution in [2.75, 3.05) is 0 Å². The Morgan fingerprint density at radius 2 is 0.934 bits per heavy atom. The van der Waals surface area contributed by atoms with E-state index in [1.165, 1.54) is 60.8 Å². The monoisotopic (exact) mass is 978 g/mol. The highest BCUT2D eigenvalue weighted by molar-refractivity contribution is 6.11. The molecule has 4 nitrogen and oxygen atoms in total. The smallest absolute Gasteiger partial charge is 0.160 e. The van der Waals surface area contributed by atoms with E-state index in [2.05, 4.69) is 260 Å². The van der Waals surface area contributed by atoms with Gasteiger partial charge in [0, 0.05) is 56.7 Å². The van der Waals surface area contributed by atoms with Crippen molar-refractivity contribution in [1.82, 2.24) is 19.5 Å². The van der Waals surface area contributed by atoms with Crippen molar-refractivity contribution in [3.05, 3.63) is 247 Å². The number of para-hydroxylation sites is 2. The first-order chi connectivity index (χ1) is 36.9. The summed E-state index contributed by atoms with van der Waals surface area (Å²) in [6.07, 6.45) is 8.31. The maximum atomic E-state index is 5.75. The number of pyridine rings is 1. The fourth-order valence-corrected chi connectivity index (χ4v) is 12.1. The normalized spacial score (nSPS) is 14.0. The van der Waals surface area contributed by atoms with Crippen molar-refractivity contribution in [2.24, 2.45) is 0 Å². The van der Waals surface area contributed by atoms with Gasteiger partial charge in [-0.05, 0) is 144 Å². The SMILES string of the molecule is C=C/C(=C\C1=C(/C)c2ccc(-n3c4ccccc4c4ccccc43)cc2-c2ccccc2-c2ccccc21)c1nc(-c2cc3c(cc2C(C)(C)C)-c2cccnc2-c2ccccc2-c2ccccc2-3)ncc1C(C)(C)C. The minimum Gasteiger partial charge on any atom is -0.309 e. The van der Waals surface area contributed by atoms with Crippen LogP contribution in [0.3, 0.4) is 0 Å². The maximum Gasteiger partial charge on any atom is 0.160 e. The minimum atomic E-state index is -0.297. The maximum absolute atomic E-state index is 5.75. The summed E-state index contributed by atoms with van der Waals surface area (Å²) in [6.45, 7) is 20.5. The van der Waals surface area contributed by atoms with E-state index in [0.29, 0.717) is 5.82 Å². The largest absolute Gasteiger partial charge is 0.309 e. The lowest BCUT2D eigenvalue weighted by Gasteiger charge is -2.29. The molecule has 2 aliphatic rings. The average molecular weight is 979 g/mol. The van der Waals surface area contributed by atoms with Crippen LogP contribution in [0.15, 0.2) is 219 Å². The molecule has 3 heterocycles. The molecule has 0 saturated heterocycles. The molecule has 13 rings (SSSR count). The van der Waals surface area contributed by atoms with Crippen LogP contribution in [-0.4, -0.2) is 19.5 Å². The third-order valence-electron chi connectivity index (χ3n) is 15.8. The lowest BCUT2D eigenvalue weighted by atomic mass is 9.76. The van der Waals surface area contributed by atoms with Crippen LogP contribution >= 0.6 is 0 Å². The van der Waals surface area contributed by atoms with Crippen molar-refractivity contribution in [2.45, 2.75) is 59.3 Å². The van der Waals surface area contributed by atoms with E-state index in [4.69, 9.17) is 15.0 Å². The quantitative estimate of drug-likeness (QED) is 0.161. The first-order valence-corrected chi connectivity index (χ1v) is 26.5. The molecular weight excluding hydrogens is 921 g/mol. The number of aromatic nitrogens is 4. The van der Waals surface area contributed by atoms with E-state index in [9.17, 15) is 0 Å². The zero-order chi connectivity index (χ0) is 52.0. The molecule has 11 aromatic rings. The number of hydrogen-bond donors (Lipinski definition) is 0. The van der Waals surface area contributed by atoms with Gasteiger partial charge in [0.2, 0.25) is 0 Å². The number of rotatable bonds is 5. The van der Waals surface area contributed by atoms with Gasteiger partial charge in [0.25, 0.3) is 0 Å². The van der Waals surface area contributed by atoms with Gasteiger partial charge in [-0.3, -0.25) is 4.98 Å². The molecule has 0 fully saturated rings. The summed E-state index contributed by atoms with van der Waals surface area (Å²) in [5.41, 5.74) is 26.3. The van der Waals surface area contributed by atoms with Gasteiger partial charge in [-0.15, -0.1) is 0 Å². The zero-order valence-corrected chi connectivity index (χ0v) is 44.2. The lowest BCUT2D eigenvalue weighted by Crippen LogP contribution is -2.18. The van der Waals surface area contributed by atoms with Crippen LogP contribution in [0.1, 0.15) is 76.4 Å². The van der Waals surface area contributed by atoms with Gasteiger partial charge in [0.15, 0.2) is 5.82 Å². The highest BCUT2D eigenvalue weighted by atomic mass is 15.0. The molecule has 0 atom stereocenters. The highest BCUT2D eigenvalue weighted by Gasteiger charge is 2.31. The van der Waals surface area contributed by atoms with Gasteiger partial charge in [-0.25, -0.2) is 9.97 Å². The molecule has 3 aromatic heterocycles. The van der Waals surface area contributed by atoms with E-state index in [1.807, 2.05) is 12.3 Å². The predicted molar refractivity (Wildman–Crippen MR) is 320 cm³/mol. The number of benzene rings is 8. The Bertz CT molecular complexity index is 4220. The summed E-state index contributed by atoms with van der Waals surface area (Å²) in [5.74, 6) is 0.676. The third kappa shape index (κ3) is 7.54. The van der Waals surface area contributed by atoms with Gasteiger partial charge in [0.1, 0.15) is 0 Å². The molecular formula is C72H58N4. The van der Waals surface area contributed by atoms with Gasteiger partial charge in [0.05, 0.1) is 22.4 Å². The Balaban J connectivity index is 1.04. The van der Waals surface area contributed by atoms with Crippen molar-refractivity contribution >= 4 is 38.5 Å². The summed E-state index contributed by atoms with van der Waals surface area (Å²) in [7, 11) is 0. The summed E-state index contributed by atoms with van der Waals surface area (Å²) >= 11 is 0. The van der Waals surface area contributed by atoms with E-state index in [-0.39, 0.29) is 10.8 Å². The van der Waals surface area contributed by atoms with Crippen molar-refractivity contribution < 1.29 is 0 Å². The van der Waals surface area contributed by atoms with E-state index >= 15 is 0 Å². The van der Waals surface area contributed by atoms with Crippen LogP contribution in [0.2, 0.25) is 0 Å². The first kappa shape index (κ1) is 46.8. The molecule has 0 aliphatic heterocycles. The predicted octanol–water partition coefficient (Wildman–Crippen LogP) is 19.1. The molecule has 0 N–H and O–H groups in total. The lowest BCUT2D eigenvalue weighted by molar-refractivity contribution is 0.581. The van der Waals surface area contributed by atoms with E-state index in [0.717, 1.165) is 83.9 Å². The van der Waals surface area contributed by atoms with Crippen LogP contribution in [0, 0.1) is 0 Å². The van der Waals surface area contributed by atoms with Gasteiger partial charge in [-0.1, -0.05) is 200 Å². The molecule has 366 valence electrons. The topological polar surface area (TPSA) is 43.6 Å². The van der Waals surface area contributed by atoms with Crippen molar-refractivity contribution in [3.63, 3.8) is 0 Å². The zero-order valence-electron chi connectivity index (χ0n) is 44.2.